The molecule has 5 nitrogen and oxygen atoms in total. The number of aryl methyl sites for hydroxylation is 1. The van der Waals surface area contributed by atoms with Gasteiger partial charge in [0.05, 0.1) is 17.1 Å². The first-order chi connectivity index (χ1) is 16.5. The van der Waals surface area contributed by atoms with Crippen LogP contribution in [0.3, 0.4) is 0 Å². The van der Waals surface area contributed by atoms with Crippen molar-refractivity contribution in [3.63, 3.8) is 0 Å². The zero-order valence-corrected chi connectivity index (χ0v) is 20.2. The van der Waals surface area contributed by atoms with Crippen molar-refractivity contribution in [3.8, 4) is 0 Å². The minimum absolute atomic E-state index is 0.0288. The first-order valence-electron chi connectivity index (χ1n) is 11.6. The Bertz CT molecular complexity index is 1180. The average molecular weight is 476 g/mol. The monoisotopic (exact) mass is 475 g/mol. The van der Waals surface area contributed by atoms with Crippen LogP contribution in [0.5, 0.6) is 0 Å². The molecule has 3 aromatic rings. The van der Waals surface area contributed by atoms with Gasteiger partial charge in [-0.3, -0.25) is 9.59 Å². The summed E-state index contributed by atoms with van der Waals surface area (Å²) >= 11 is 6.27. The van der Waals surface area contributed by atoms with Gasteiger partial charge in [0.2, 0.25) is 5.91 Å². The van der Waals surface area contributed by atoms with Gasteiger partial charge in [-0.05, 0) is 55.2 Å². The number of halogens is 1. The molecule has 0 atom stereocenters. The van der Waals surface area contributed by atoms with E-state index < -0.39 is 0 Å². The summed E-state index contributed by atoms with van der Waals surface area (Å²) in [4.78, 5) is 30.0. The molecule has 1 saturated carbocycles. The van der Waals surface area contributed by atoms with Gasteiger partial charge in [0.25, 0.3) is 5.91 Å². The van der Waals surface area contributed by atoms with Gasteiger partial charge in [-0.25, -0.2) is 0 Å². The quantitative estimate of drug-likeness (QED) is 0.373. The summed E-state index contributed by atoms with van der Waals surface area (Å²) < 4.78 is 2.17. The van der Waals surface area contributed by atoms with Crippen molar-refractivity contribution < 1.29 is 9.59 Å². The molecule has 0 aliphatic heterocycles. The molecule has 34 heavy (non-hydrogen) atoms. The highest BCUT2D eigenvalue weighted by Crippen LogP contribution is 2.30. The van der Waals surface area contributed by atoms with Gasteiger partial charge in [-0.15, -0.1) is 6.58 Å². The largest absolute Gasteiger partial charge is 0.345 e. The number of amides is 2. The fourth-order valence-electron chi connectivity index (χ4n) is 4.11. The zero-order valence-electron chi connectivity index (χ0n) is 19.5. The van der Waals surface area contributed by atoms with E-state index in [1.54, 1.807) is 40.1 Å². The predicted molar refractivity (Wildman–Crippen MR) is 136 cm³/mol. The minimum Gasteiger partial charge on any atom is -0.345 e. The summed E-state index contributed by atoms with van der Waals surface area (Å²) in [6, 6.07) is 19.4. The summed E-state index contributed by atoms with van der Waals surface area (Å²) in [5, 5.41) is 0.405. The van der Waals surface area contributed by atoms with Crippen molar-refractivity contribution in [3.05, 3.63) is 107 Å². The van der Waals surface area contributed by atoms with Gasteiger partial charge in [-0.2, -0.15) is 0 Å². The third-order valence-corrected chi connectivity index (χ3v) is 6.57. The molecule has 1 aromatic heterocycles. The molecule has 0 spiro atoms. The normalized spacial score (nSPS) is 12.9. The van der Waals surface area contributed by atoms with Gasteiger partial charge >= 0.3 is 0 Å². The topological polar surface area (TPSA) is 45.6 Å². The Morgan fingerprint density at radius 1 is 1.09 bits per heavy atom. The summed E-state index contributed by atoms with van der Waals surface area (Å²) in [7, 11) is 0. The van der Waals surface area contributed by atoms with Crippen LogP contribution in [0.4, 0.5) is 0 Å². The molecule has 0 saturated heterocycles. The standard InChI is InChI=1S/C28H30ClN3O2/c1-3-16-31(19-24-11-8-17-30(24)18-22-10-5-4-9-21(22)2)27(33)20-32(23-14-15-23)28(34)25-12-6-7-13-26(25)29/h3-13,17,23H,1,14-16,18-20H2,2H3. The van der Waals surface area contributed by atoms with Crippen molar-refractivity contribution in [1.82, 2.24) is 14.4 Å². The van der Waals surface area contributed by atoms with E-state index in [0.717, 1.165) is 25.1 Å². The van der Waals surface area contributed by atoms with Gasteiger partial charge in [0.1, 0.15) is 6.54 Å². The average Bonchev–Trinajstić information content (AvgIpc) is 3.58. The van der Waals surface area contributed by atoms with Crippen molar-refractivity contribution in [2.45, 2.75) is 38.9 Å². The molecular formula is C28H30ClN3O2. The van der Waals surface area contributed by atoms with Crippen molar-refractivity contribution >= 4 is 23.4 Å². The molecule has 2 aromatic carbocycles. The second-order valence-electron chi connectivity index (χ2n) is 8.76. The molecule has 1 aliphatic carbocycles. The van der Waals surface area contributed by atoms with Gasteiger partial charge < -0.3 is 14.4 Å². The highest BCUT2D eigenvalue weighted by Gasteiger charge is 2.35. The fraction of sp³-hybridized carbons (Fsp3) is 0.286. The van der Waals surface area contributed by atoms with Gasteiger partial charge in [-0.1, -0.05) is 54.1 Å². The Morgan fingerprint density at radius 2 is 1.82 bits per heavy atom. The Balaban J connectivity index is 1.49. The van der Waals surface area contributed by atoms with E-state index in [2.05, 4.69) is 30.2 Å². The number of hydrogen-bond acceptors (Lipinski definition) is 2. The van der Waals surface area contributed by atoms with Crippen molar-refractivity contribution in [2.75, 3.05) is 13.1 Å². The van der Waals surface area contributed by atoms with Crippen LogP contribution in [0, 0.1) is 6.92 Å². The highest BCUT2D eigenvalue weighted by atomic mass is 35.5. The van der Waals surface area contributed by atoms with E-state index in [4.69, 9.17) is 11.6 Å². The van der Waals surface area contributed by atoms with E-state index in [9.17, 15) is 9.59 Å². The van der Waals surface area contributed by atoms with Gasteiger partial charge in [0, 0.05) is 31.0 Å². The van der Waals surface area contributed by atoms with E-state index in [1.807, 2.05) is 30.5 Å². The van der Waals surface area contributed by atoms with Crippen molar-refractivity contribution in [1.29, 1.82) is 0 Å². The molecule has 0 bridgehead atoms. The molecule has 2 amide bonds. The Hall–Kier alpha value is -3.31. The van der Waals surface area contributed by atoms with Gasteiger partial charge in [0.15, 0.2) is 0 Å². The molecule has 0 radical (unpaired) electrons. The van der Waals surface area contributed by atoms with E-state index in [1.165, 1.54) is 11.1 Å². The molecule has 1 aliphatic rings. The molecule has 4 rings (SSSR count). The van der Waals surface area contributed by atoms with Crippen LogP contribution in [-0.4, -0.2) is 45.3 Å². The molecule has 1 heterocycles. The number of aromatic nitrogens is 1. The van der Waals surface area contributed by atoms with E-state index >= 15 is 0 Å². The van der Waals surface area contributed by atoms with Crippen LogP contribution < -0.4 is 0 Å². The fourth-order valence-corrected chi connectivity index (χ4v) is 4.33. The zero-order chi connectivity index (χ0) is 24.1. The van der Waals surface area contributed by atoms with Crippen LogP contribution in [0.2, 0.25) is 5.02 Å². The van der Waals surface area contributed by atoms with Crippen LogP contribution >= 0.6 is 11.6 Å². The number of nitrogens with zero attached hydrogens (tertiary/aromatic N) is 3. The lowest BCUT2D eigenvalue weighted by Crippen LogP contribution is -2.44. The third-order valence-electron chi connectivity index (χ3n) is 6.24. The van der Waals surface area contributed by atoms with E-state index in [-0.39, 0.29) is 24.4 Å². The van der Waals surface area contributed by atoms with Crippen LogP contribution in [0.25, 0.3) is 0 Å². The number of hydrogen-bond donors (Lipinski definition) is 0. The Morgan fingerprint density at radius 3 is 2.53 bits per heavy atom. The first-order valence-corrected chi connectivity index (χ1v) is 12.0. The maximum Gasteiger partial charge on any atom is 0.256 e. The maximum atomic E-state index is 13.4. The molecule has 176 valence electrons. The molecule has 1 fully saturated rings. The molecule has 0 unspecified atom stereocenters. The number of rotatable bonds is 10. The van der Waals surface area contributed by atoms with Crippen LogP contribution in [0.1, 0.15) is 40.0 Å². The highest BCUT2D eigenvalue weighted by molar-refractivity contribution is 6.33. The maximum absolute atomic E-state index is 13.4. The second-order valence-corrected chi connectivity index (χ2v) is 9.17. The first kappa shape index (κ1) is 23.8. The summed E-state index contributed by atoms with van der Waals surface area (Å²) in [6.07, 6.45) is 5.58. The Labute approximate surface area is 206 Å². The smallest absolute Gasteiger partial charge is 0.256 e. The molecular weight excluding hydrogens is 446 g/mol. The summed E-state index contributed by atoms with van der Waals surface area (Å²) in [6.45, 7) is 7.57. The third kappa shape index (κ3) is 5.60. The minimum atomic E-state index is -0.192. The summed E-state index contributed by atoms with van der Waals surface area (Å²) in [5.41, 5.74) is 3.95. The number of benzene rings is 2. The van der Waals surface area contributed by atoms with Crippen LogP contribution in [0.15, 0.2) is 79.5 Å². The molecule has 6 heteroatoms. The SMILES string of the molecule is C=CCN(Cc1cccn1Cc1ccccc1C)C(=O)CN(C(=O)c1ccccc1Cl)C1CC1. The lowest BCUT2D eigenvalue weighted by molar-refractivity contribution is -0.132. The Kier molecular flexibility index (Phi) is 7.53. The lowest BCUT2D eigenvalue weighted by atomic mass is 10.1. The number of carbonyl (C=O) groups is 2. The lowest BCUT2D eigenvalue weighted by Gasteiger charge is -2.28. The van der Waals surface area contributed by atoms with Crippen LogP contribution in [-0.2, 0) is 17.9 Å². The number of carbonyl (C=O) groups excluding carboxylic acids is 2. The van der Waals surface area contributed by atoms with E-state index in [0.29, 0.717) is 23.7 Å². The second kappa shape index (κ2) is 10.7. The van der Waals surface area contributed by atoms with Crippen molar-refractivity contribution in [2.24, 2.45) is 0 Å². The summed E-state index contributed by atoms with van der Waals surface area (Å²) in [5.74, 6) is -0.293. The predicted octanol–water partition coefficient (Wildman–Crippen LogP) is 5.32. The molecule has 0 N–H and O–H groups in total.